The number of benzene rings is 1. The van der Waals surface area contributed by atoms with E-state index in [2.05, 4.69) is 0 Å². The van der Waals surface area contributed by atoms with Gasteiger partial charge in [-0.1, -0.05) is 19.4 Å². The number of allylic oxidation sites excluding steroid dienone is 3. The number of aromatic hydroxyl groups is 2. The summed E-state index contributed by atoms with van der Waals surface area (Å²) in [6.07, 6.45) is 3.27. The number of phenols is 2. The molecule has 2 N–H and O–H groups in total. The van der Waals surface area contributed by atoms with Crippen LogP contribution in [0.25, 0.3) is 0 Å². The van der Waals surface area contributed by atoms with Crippen LogP contribution in [0.5, 0.6) is 11.5 Å². The Morgan fingerprint density at radius 3 is 2.27 bits per heavy atom. The average Bonchev–Trinajstić information content (AvgIpc) is 2.58. The Balaban J connectivity index is 2.60. The number of phenolic OH excluding ortho intramolecular Hbond substituents is 2. The molecule has 0 fully saturated rings. The van der Waals surface area contributed by atoms with Gasteiger partial charge in [-0.25, -0.2) is 0 Å². The topological polar surface area (TPSA) is 101 Å². The van der Waals surface area contributed by atoms with Gasteiger partial charge >= 0.3 is 5.97 Å². The molecule has 1 aromatic rings. The van der Waals surface area contributed by atoms with Crippen molar-refractivity contribution in [1.82, 2.24) is 0 Å². The molecule has 0 saturated heterocycles. The molecule has 2 rings (SSSR count). The SMILES string of the molecule is CC[C@H](C)C(=O)O[C@@H](C=C(C)C)c1cc(O)c2c(c1O)C(=O)C=CC2=O. The molecule has 2 atom stereocenters. The van der Waals surface area contributed by atoms with Crippen molar-refractivity contribution >= 4 is 17.5 Å². The smallest absolute Gasteiger partial charge is 0.309 e. The van der Waals surface area contributed by atoms with Gasteiger partial charge in [0.05, 0.1) is 17.0 Å². The quantitative estimate of drug-likeness (QED) is 0.473. The Bertz CT molecular complexity index is 827. The van der Waals surface area contributed by atoms with Gasteiger partial charge in [0.25, 0.3) is 0 Å². The minimum absolute atomic E-state index is 0.0514. The van der Waals surface area contributed by atoms with E-state index < -0.39 is 35.1 Å². The van der Waals surface area contributed by atoms with Crippen molar-refractivity contribution in [2.45, 2.75) is 40.2 Å². The number of rotatable bonds is 5. The number of hydrogen-bond acceptors (Lipinski definition) is 6. The molecule has 1 aliphatic carbocycles. The Morgan fingerprint density at radius 2 is 1.73 bits per heavy atom. The second-order valence-electron chi connectivity index (χ2n) is 6.56. The zero-order valence-corrected chi connectivity index (χ0v) is 15.2. The number of fused-ring (bicyclic) bond motifs is 1. The molecule has 0 saturated carbocycles. The molecule has 0 aliphatic heterocycles. The highest BCUT2D eigenvalue weighted by Crippen LogP contribution is 2.40. The monoisotopic (exact) mass is 358 g/mol. The lowest BCUT2D eigenvalue weighted by molar-refractivity contribution is -0.151. The zero-order chi connectivity index (χ0) is 19.6. The fourth-order valence-corrected chi connectivity index (χ4v) is 2.60. The first-order chi connectivity index (χ1) is 12.2. The summed E-state index contributed by atoms with van der Waals surface area (Å²) in [5.74, 6) is -2.90. The number of ketones is 2. The number of ether oxygens (including phenoxy) is 1. The first-order valence-electron chi connectivity index (χ1n) is 8.38. The third kappa shape index (κ3) is 3.69. The second-order valence-corrected chi connectivity index (χ2v) is 6.56. The molecule has 138 valence electrons. The summed E-state index contributed by atoms with van der Waals surface area (Å²) in [5, 5.41) is 20.8. The molecule has 1 aliphatic rings. The fraction of sp³-hybridized carbons (Fsp3) is 0.350. The van der Waals surface area contributed by atoms with E-state index in [-0.39, 0.29) is 22.6 Å². The van der Waals surface area contributed by atoms with E-state index >= 15 is 0 Å². The minimum atomic E-state index is -0.994. The molecule has 6 heteroatoms. The van der Waals surface area contributed by atoms with Crippen molar-refractivity contribution in [2.24, 2.45) is 5.92 Å². The Hall–Kier alpha value is -2.89. The number of carbonyl (C=O) groups excluding carboxylic acids is 3. The first kappa shape index (κ1) is 19.4. The normalized spacial score (nSPS) is 15.2. The minimum Gasteiger partial charge on any atom is -0.507 e. The van der Waals surface area contributed by atoms with Crippen molar-refractivity contribution in [1.29, 1.82) is 0 Å². The molecule has 0 bridgehead atoms. The van der Waals surface area contributed by atoms with Crippen LogP contribution in [-0.4, -0.2) is 27.7 Å². The molecule has 0 heterocycles. The van der Waals surface area contributed by atoms with Gasteiger partial charge in [0.15, 0.2) is 11.6 Å². The van der Waals surface area contributed by atoms with Crippen LogP contribution in [-0.2, 0) is 9.53 Å². The highest BCUT2D eigenvalue weighted by atomic mass is 16.5. The van der Waals surface area contributed by atoms with E-state index in [9.17, 15) is 24.6 Å². The lowest BCUT2D eigenvalue weighted by Crippen LogP contribution is -2.19. The number of esters is 1. The van der Waals surface area contributed by atoms with E-state index in [0.717, 1.165) is 23.8 Å². The van der Waals surface area contributed by atoms with Crippen LogP contribution < -0.4 is 0 Å². The van der Waals surface area contributed by atoms with Gasteiger partial charge < -0.3 is 14.9 Å². The predicted molar refractivity (Wildman–Crippen MR) is 95.3 cm³/mol. The van der Waals surface area contributed by atoms with Crippen molar-refractivity contribution in [3.05, 3.63) is 46.6 Å². The molecule has 0 amide bonds. The molecular formula is C20H22O6. The molecule has 0 radical (unpaired) electrons. The van der Waals surface area contributed by atoms with Crippen molar-refractivity contribution in [3.63, 3.8) is 0 Å². The van der Waals surface area contributed by atoms with Gasteiger partial charge in [0.2, 0.25) is 0 Å². The van der Waals surface area contributed by atoms with Crippen LogP contribution in [0.3, 0.4) is 0 Å². The lowest BCUT2D eigenvalue weighted by Gasteiger charge is -2.22. The summed E-state index contributed by atoms with van der Waals surface area (Å²) >= 11 is 0. The van der Waals surface area contributed by atoms with E-state index in [0.29, 0.717) is 6.42 Å². The highest BCUT2D eigenvalue weighted by molar-refractivity contribution is 6.24. The maximum atomic E-state index is 12.2. The predicted octanol–water partition coefficient (Wildman–Crippen LogP) is 3.63. The van der Waals surface area contributed by atoms with E-state index in [1.807, 2.05) is 6.92 Å². The molecule has 26 heavy (non-hydrogen) atoms. The van der Waals surface area contributed by atoms with Crippen molar-refractivity contribution < 1.29 is 29.3 Å². The average molecular weight is 358 g/mol. The summed E-state index contributed by atoms with van der Waals surface area (Å²) in [4.78, 5) is 36.3. The Labute approximate surface area is 151 Å². The van der Waals surface area contributed by atoms with Crippen LogP contribution in [0.15, 0.2) is 29.9 Å². The summed E-state index contributed by atoms with van der Waals surface area (Å²) in [6.45, 7) is 7.15. The lowest BCUT2D eigenvalue weighted by atomic mass is 9.89. The van der Waals surface area contributed by atoms with Gasteiger partial charge in [0.1, 0.15) is 17.6 Å². The standard InChI is InChI=1S/C20H22O6/c1-5-11(4)20(25)26-16(8-10(2)3)12-9-15(23)17-13(21)6-7-14(22)18(17)19(12)24/h6-9,11,16,23-24H,5H2,1-4H3/t11-,16-/m0/s1. The summed E-state index contributed by atoms with van der Waals surface area (Å²) in [7, 11) is 0. The molecule has 6 nitrogen and oxygen atoms in total. The molecular weight excluding hydrogens is 336 g/mol. The van der Waals surface area contributed by atoms with Crippen LogP contribution >= 0.6 is 0 Å². The number of hydrogen-bond donors (Lipinski definition) is 2. The van der Waals surface area contributed by atoms with Gasteiger partial charge in [0, 0.05) is 5.56 Å². The van der Waals surface area contributed by atoms with Crippen LogP contribution in [0.2, 0.25) is 0 Å². The van der Waals surface area contributed by atoms with Crippen LogP contribution in [0.1, 0.15) is 66.5 Å². The molecule has 0 aromatic heterocycles. The molecule has 1 aromatic carbocycles. The van der Waals surface area contributed by atoms with Crippen molar-refractivity contribution in [3.8, 4) is 11.5 Å². The first-order valence-corrected chi connectivity index (χ1v) is 8.38. The van der Waals surface area contributed by atoms with E-state index in [1.165, 1.54) is 0 Å². The zero-order valence-electron chi connectivity index (χ0n) is 15.2. The maximum Gasteiger partial charge on any atom is 0.309 e. The van der Waals surface area contributed by atoms with Crippen LogP contribution in [0, 0.1) is 5.92 Å². The van der Waals surface area contributed by atoms with Gasteiger partial charge in [-0.15, -0.1) is 0 Å². The van der Waals surface area contributed by atoms with E-state index in [4.69, 9.17) is 4.74 Å². The molecule has 0 spiro atoms. The summed E-state index contributed by atoms with van der Waals surface area (Å²) in [6, 6.07) is 1.16. The van der Waals surface area contributed by atoms with Crippen LogP contribution in [0.4, 0.5) is 0 Å². The highest BCUT2D eigenvalue weighted by Gasteiger charge is 2.31. The fourth-order valence-electron chi connectivity index (χ4n) is 2.60. The Morgan fingerprint density at radius 1 is 1.15 bits per heavy atom. The van der Waals surface area contributed by atoms with Gasteiger partial charge in [-0.3, -0.25) is 14.4 Å². The molecule has 0 unspecified atom stereocenters. The third-order valence-electron chi connectivity index (χ3n) is 4.24. The second kappa shape index (κ2) is 7.56. The maximum absolute atomic E-state index is 12.2. The van der Waals surface area contributed by atoms with E-state index in [1.54, 1.807) is 26.8 Å². The summed E-state index contributed by atoms with van der Waals surface area (Å²) in [5.41, 5.74) is 0.337. The van der Waals surface area contributed by atoms with Gasteiger partial charge in [-0.05, 0) is 44.6 Å². The summed E-state index contributed by atoms with van der Waals surface area (Å²) < 4.78 is 5.49. The Kier molecular flexibility index (Phi) is 5.65. The van der Waals surface area contributed by atoms with Gasteiger partial charge in [-0.2, -0.15) is 0 Å². The number of carbonyl (C=O) groups is 3. The third-order valence-corrected chi connectivity index (χ3v) is 4.24. The largest absolute Gasteiger partial charge is 0.507 e. The van der Waals surface area contributed by atoms with Crippen molar-refractivity contribution in [2.75, 3.05) is 0 Å².